The van der Waals surface area contributed by atoms with Crippen LogP contribution in [0, 0.1) is 5.82 Å². The maximum Gasteiger partial charge on any atom is 0.131 e. The van der Waals surface area contributed by atoms with Crippen LogP contribution in [0.3, 0.4) is 0 Å². The lowest BCUT2D eigenvalue weighted by Crippen LogP contribution is -2.61. The normalized spacial score (nSPS) is 23.5. The van der Waals surface area contributed by atoms with Crippen LogP contribution in [-0.4, -0.2) is 60.2 Å². The molecule has 2 aliphatic heterocycles. The molecule has 0 aromatic heterocycles. The van der Waals surface area contributed by atoms with Gasteiger partial charge in [0, 0.05) is 63.0 Å². The minimum absolute atomic E-state index is 0.0132. The number of benzene rings is 1. The summed E-state index contributed by atoms with van der Waals surface area (Å²) in [4.78, 5) is 4.84. The largest absolute Gasteiger partial charge is 0.508 e. The summed E-state index contributed by atoms with van der Waals surface area (Å²) in [6, 6.07) is 5.19. The highest BCUT2D eigenvalue weighted by Gasteiger charge is 2.29. The number of hydrogen-bond acceptors (Lipinski definition) is 4. The minimum atomic E-state index is -0.317. The van der Waals surface area contributed by atoms with Crippen molar-refractivity contribution in [2.24, 2.45) is 0 Å². The van der Waals surface area contributed by atoms with E-state index in [0.717, 1.165) is 39.3 Å². The van der Waals surface area contributed by atoms with Gasteiger partial charge in [-0.05, 0) is 13.0 Å². The van der Waals surface area contributed by atoms with Crippen molar-refractivity contribution in [2.45, 2.75) is 19.0 Å². The zero-order chi connectivity index (χ0) is 14.1. The van der Waals surface area contributed by atoms with Crippen molar-refractivity contribution in [3.63, 3.8) is 0 Å². The highest BCUT2D eigenvalue weighted by molar-refractivity contribution is 5.29. The molecule has 2 aliphatic rings. The monoisotopic (exact) mass is 279 g/mol. The van der Waals surface area contributed by atoms with Gasteiger partial charge in [0.05, 0.1) is 0 Å². The van der Waals surface area contributed by atoms with E-state index in [0.29, 0.717) is 11.6 Å². The van der Waals surface area contributed by atoms with Crippen molar-refractivity contribution >= 4 is 0 Å². The van der Waals surface area contributed by atoms with Crippen molar-refractivity contribution in [1.82, 2.24) is 15.1 Å². The molecule has 2 heterocycles. The average molecular weight is 279 g/mol. The molecule has 1 aromatic rings. The summed E-state index contributed by atoms with van der Waals surface area (Å²) in [7, 11) is 0. The van der Waals surface area contributed by atoms with Gasteiger partial charge in [-0.15, -0.1) is 0 Å². The highest BCUT2D eigenvalue weighted by atomic mass is 19.1. The minimum Gasteiger partial charge on any atom is -0.508 e. The summed E-state index contributed by atoms with van der Waals surface area (Å²) in [5, 5.41) is 12.6. The third-order valence-electron chi connectivity index (χ3n) is 4.61. The molecule has 3 rings (SSSR count). The molecule has 1 atom stereocenters. The van der Waals surface area contributed by atoms with Gasteiger partial charge in [-0.2, -0.15) is 0 Å². The number of nitrogens with one attached hydrogen (secondary N) is 1. The van der Waals surface area contributed by atoms with Crippen LogP contribution in [0.5, 0.6) is 5.75 Å². The molecule has 5 heteroatoms. The first-order valence-electron chi connectivity index (χ1n) is 7.32. The Hall–Kier alpha value is -1.17. The second-order valence-electron chi connectivity index (χ2n) is 5.77. The molecule has 2 saturated heterocycles. The van der Waals surface area contributed by atoms with Crippen LogP contribution in [-0.2, 0) is 0 Å². The molecule has 1 unspecified atom stereocenters. The predicted molar refractivity (Wildman–Crippen MR) is 76.3 cm³/mol. The van der Waals surface area contributed by atoms with Crippen LogP contribution in [0.2, 0.25) is 0 Å². The predicted octanol–water partition coefficient (Wildman–Crippen LogP) is 1.18. The Morgan fingerprint density at radius 1 is 1.25 bits per heavy atom. The first-order chi connectivity index (χ1) is 9.65. The number of phenols is 1. The van der Waals surface area contributed by atoms with Gasteiger partial charge in [0.25, 0.3) is 0 Å². The number of phenolic OH excluding ortho intramolecular Hbond substituents is 1. The lowest BCUT2D eigenvalue weighted by atomic mass is 10.0. The van der Waals surface area contributed by atoms with Crippen LogP contribution in [0.25, 0.3) is 0 Å². The van der Waals surface area contributed by atoms with Crippen molar-refractivity contribution in [3.05, 3.63) is 29.6 Å². The van der Waals surface area contributed by atoms with E-state index in [1.54, 1.807) is 12.1 Å². The molecule has 2 N–H and O–H groups in total. The van der Waals surface area contributed by atoms with Gasteiger partial charge in [-0.25, -0.2) is 4.39 Å². The third kappa shape index (κ3) is 2.66. The lowest BCUT2D eigenvalue weighted by molar-refractivity contribution is 0.0545. The number of hydrogen-bond donors (Lipinski definition) is 2. The Bertz CT molecular complexity index is 470. The lowest BCUT2D eigenvalue weighted by Gasteiger charge is -2.44. The standard InChI is InChI=1S/C15H22FN3O/c1-11(14-3-2-13(20)8-15(14)16)18-4-6-19(7-5-18)12-9-17-10-12/h2-3,8,11-12,17,20H,4-7,9-10H2,1H3. The maximum absolute atomic E-state index is 13.9. The Morgan fingerprint density at radius 2 is 1.95 bits per heavy atom. The van der Waals surface area contributed by atoms with Gasteiger partial charge in [-0.1, -0.05) is 6.07 Å². The molecule has 0 radical (unpaired) electrons. The Morgan fingerprint density at radius 3 is 2.50 bits per heavy atom. The van der Waals surface area contributed by atoms with Crippen molar-refractivity contribution < 1.29 is 9.50 Å². The fourth-order valence-corrected chi connectivity index (χ4v) is 3.07. The van der Waals surface area contributed by atoms with Gasteiger partial charge in [0.1, 0.15) is 11.6 Å². The zero-order valence-corrected chi connectivity index (χ0v) is 11.8. The topological polar surface area (TPSA) is 38.7 Å². The van der Waals surface area contributed by atoms with Gasteiger partial charge >= 0.3 is 0 Å². The van der Waals surface area contributed by atoms with Crippen LogP contribution in [0.4, 0.5) is 4.39 Å². The molecule has 0 spiro atoms. The van der Waals surface area contributed by atoms with E-state index in [-0.39, 0.29) is 17.6 Å². The number of nitrogens with zero attached hydrogens (tertiary/aromatic N) is 2. The van der Waals surface area contributed by atoms with E-state index in [4.69, 9.17) is 0 Å². The van der Waals surface area contributed by atoms with Gasteiger partial charge < -0.3 is 10.4 Å². The summed E-state index contributed by atoms with van der Waals surface area (Å²) < 4.78 is 13.9. The van der Waals surface area contributed by atoms with E-state index in [2.05, 4.69) is 15.1 Å². The van der Waals surface area contributed by atoms with E-state index >= 15 is 0 Å². The quantitative estimate of drug-likeness (QED) is 0.871. The van der Waals surface area contributed by atoms with Crippen molar-refractivity contribution in [1.29, 1.82) is 0 Å². The van der Waals surface area contributed by atoms with E-state index in [9.17, 15) is 9.50 Å². The smallest absolute Gasteiger partial charge is 0.131 e. The summed E-state index contributed by atoms with van der Waals surface area (Å²) in [6.07, 6.45) is 0. The zero-order valence-electron chi connectivity index (χ0n) is 11.8. The van der Waals surface area contributed by atoms with Crippen molar-refractivity contribution in [2.75, 3.05) is 39.3 Å². The average Bonchev–Trinajstić information content (AvgIpc) is 2.37. The number of halogens is 1. The second kappa shape index (κ2) is 5.68. The summed E-state index contributed by atoms with van der Waals surface area (Å²) in [5.41, 5.74) is 0.668. The molecular formula is C15H22FN3O. The van der Waals surface area contributed by atoms with E-state index in [1.807, 2.05) is 6.92 Å². The highest BCUT2D eigenvalue weighted by Crippen LogP contribution is 2.26. The molecule has 20 heavy (non-hydrogen) atoms. The van der Waals surface area contributed by atoms with E-state index in [1.165, 1.54) is 6.07 Å². The summed E-state index contributed by atoms with van der Waals surface area (Å²) >= 11 is 0. The Labute approximate surface area is 119 Å². The third-order valence-corrected chi connectivity index (χ3v) is 4.61. The van der Waals surface area contributed by atoms with Gasteiger partial charge in [0.2, 0.25) is 0 Å². The van der Waals surface area contributed by atoms with Gasteiger partial charge in [-0.3, -0.25) is 9.80 Å². The summed E-state index contributed by atoms with van der Waals surface area (Å²) in [5.74, 6) is -0.330. The molecule has 0 aliphatic carbocycles. The first kappa shape index (κ1) is 13.8. The molecular weight excluding hydrogens is 257 g/mol. The first-order valence-corrected chi connectivity index (χ1v) is 7.32. The molecule has 0 bridgehead atoms. The molecule has 0 saturated carbocycles. The SMILES string of the molecule is CC(c1ccc(O)cc1F)N1CCN(C2CNC2)CC1. The van der Waals surface area contributed by atoms with Crippen LogP contribution in [0.1, 0.15) is 18.5 Å². The molecule has 110 valence electrons. The van der Waals surface area contributed by atoms with E-state index < -0.39 is 0 Å². The number of rotatable bonds is 3. The molecule has 1 aromatic carbocycles. The fraction of sp³-hybridized carbons (Fsp3) is 0.600. The van der Waals surface area contributed by atoms with Crippen LogP contribution >= 0.6 is 0 Å². The second-order valence-corrected chi connectivity index (χ2v) is 5.77. The molecule has 2 fully saturated rings. The maximum atomic E-state index is 13.9. The Kier molecular flexibility index (Phi) is 3.92. The molecule has 0 amide bonds. The Balaban J connectivity index is 1.62. The molecule has 4 nitrogen and oxygen atoms in total. The summed E-state index contributed by atoms with van der Waals surface area (Å²) in [6.45, 7) is 8.28. The number of aromatic hydroxyl groups is 1. The van der Waals surface area contributed by atoms with Crippen LogP contribution < -0.4 is 5.32 Å². The van der Waals surface area contributed by atoms with Crippen molar-refractivity contribution in [3.8, 4) is 5.75 Å². The fourth-order valence-electron chi connectivity index (χ4n) is 3.07. The number of piperazine rings is 1. The van der Waals surface area contributed by atoms with Gasteiger partial charge in [0.15, 0.2) is 0 Å². The van der Waals surface area contributed by atoms with Crippen LogP contribution in [0.15, 0.2) is 18.2 Å².